The van der Waals surface area contributed by atoms with Crippen LogP contribution < -0.4 is 0 Å². The zero-order valence-corrected chi connectivity index (χ0v) is 15.1. The smallest absolute Gasteiger partial charge is 0.331 e. The van der Waals surface area contributed by atoms with E-state index >= 15 is 0 Å². The second-order valence-corrected chi connectivity index (χ2v) is 7.12. The number of ketones is 1. The van der Waals surface area contributed by atoms with Crippen LogP contribution in [0.25, 0.3) is 11.1 Å². The van der Waals surface area contributed by atoms with Gasteiger partial charge in [0, 0.05) is 35.9 Å². The van der Waals surface area contributed by atoms with E-state index in [1.807, 2.05) is 36.4 Å². The Kier molecular flexibility index (Phi) is 5.89. The van der Waals surface area contributed by atoms with Gasteiger partial charge < -0.3 is 5.11 Å². The first-order chi connectivity index (χ1) is 13.5. The Morgan fingerprint density at radius 2 is 1.79 bits per heavy atom. The molecule has 3 nitrogen and oxygen atoms in total. The van der Waals surface area contributed by atoms with Gasteiger partial charge in [-0.05, 0) is 40.8 Å². The summed E-state index contributed by atoms with van der Waals surface area (Å²) in [6, 6.07) is 16.4. The highest BCUT2D eigenvalue weighted by Crippen LogP contribution is 2.40. The zero-order valence-electron chi connectivity index (χ0n) is 15.1. The number of nitrogens with zero attached hydrogens (tertiary/aromatic N) is 1. The van der Waals surface area contributed by atoms with E-state index in [4.69, 9.17) is 0 Å². The van der Waals surface area contributed by atoms with Crippen molar-refractivity contribution >= 4 is 5.78 Å². The monoisotopic (exact) mass is 395 g/mol. The van der Waals surface area contributed by atoms with E-state index in [1.54, 1.807) is 24.5 Å². The summed E-state index contributed by atoms with van der Waals surface area (Å²) in [7, 11) is 0. The van der Waals surface area contributed by atoms with Crippen LogP contribution in [-0.4, -0.2) is 22.5 Å². The maximum Gasteiger partial charge on any atom is 0.331 e. The average Bonchev–Trinajstić information content (AvgIpc) is 2.95. The standard InChI is InChI=1S/C23H19F2NO2.CH4/c24-23(25)21-10-17(6-7-18(21)11-22(23)28)19-8-15(12-26-13-19)9-20(14-27)16-4-2-1-3-5-16;/h1-8,10,12-13,20,27H,9,11,14H2;1H4/t20-;/m0./s1. The summed E-state index contributed by atoms with van der Waals surface area (Å²) in [6.45, 7) is 0.00141. The lowest BCUT2D eigenvalue weighted by Crippen LogP contribution is -2.19. The zero-order chi connectivity index (χ0) is 19.7. The molecule has 3 aromatic rings. The molecule has 150 valence electrons. The Bertz CT molecular complexity index is 1020. The van der Waals surface area contributed by atoms with E-state index in [-0.39, 0.29) is 31.9 Å². The Hall–Kier alpha value is -2.92. The molecule has 1 aromatic heterocycles. The number of benzene rings is 2. The molecule has 2 aromatic carbocycles. The van der Waals surface area contributed by atoms with Crippen molar-refractivity contribution in [3.8, 4) is 11.1 Å². The molecule has 1 aliphatic rings. The highest BCUT2D eigenvalue weighted by Gasteiger charge is 2.47. The molecule has 1 atom stereocenters. The van der Waals surface area contributed by atoms with Crippen LogP contribution in [-0.2, 0) is 23.6 Å². The summed E-state index contributed by atoms with van der Waals surface area (Å²) in [5, 5.41) is 9.78. The van der Waals surface area contributed by atoms with Crippen LogP contribution >= 0.6 is 0 Å². The minimum atomic E-state index is -3.42. The fourth-order valence-electron chi connectivity index (χ4n) is 3.69. The van der Waals surface area contributed by atoms with Gasteiger partial charge in [-0.15, -0.1) is 0 Å². The van der Waals surface area contributed by atoms with Crippen molar-refractivity contribution in [2.24, 2.45) is 0 Å². The molecule has 0 saturated carbocycles. The van der Waals surface area contributed by atoms with Gasteiger partial charge in [0.15, 0.2) is 0 Å². The molecule has 0 aliphatic heterocycles. The second kappa shape index (κ2) is 8.21. The van der Waals surface area contributed by atoms with E-state index < -0.39 is 11.7 Å². The van der Waals surface area contributed by atoms with Crippen molar-refractivity contribution < 1.29 is 18.7 Å². The van der Waals surface area contributed by atoms with Crippen LogP contribution in [0.4, 0.5) is 8.78 Å². The third-order valence-electron chi connectivity index (χ3n) is 5.25. The number of alkyl halides is 2. The second-order valence-electron chi connectivity index (χ2n) is 7.12. The van der Waals surface area contributed by atoms with Gasteiger partial charge in [-0.1, -0.05) is 49.9 Å². The molecule has 4 rings (SSSR count). The van der Waals surface area contributed by atoms with Gasteiger partial charge in [0.05, 0.1) is 6.61 Å². The lowest BCUT2D eigenvalue weighted by Gasteiger charge is -2.15. The van der Waals surface area contributed by atoms with E-state index in [0.717, 1.165) is 11.1 Å². The topological polar surface area (TPSA) is 50.2 Å². The number of Topliss-reactive ketones (excluding diaryl/α,β-unsaturated/α-hetero) is 1. The molecule has 29 heavy (non-hydrogen) atoms. The highest BCUT2D eigenvalue weighted by molar-refractivity contribution is 5.94. The molecule has 1 N–H and O–H groups in total. The van der Waals surface area contributed by atoms with Crippen LogP contribution in [0, 0.1) is 0 Å². The van der Waals surface area contributed by atoms with Gasteiger partial charge in [0.25, 0.3) is 0 Å². The minimum absolute atomic E-state index is 0. The van der Waals surface area contributed by atoms with E-state index in [1.165, 1.54) is 6.07 Å². The van der Waals surface area contributed by atoms with Crippen molar-refractivity contribution in [3.63, 3.8) is 0 Å². The van der Waals surface area contributed by atoms with Gasteiger partial charge in [-0.25, -0.2) is 0 Å². The fourth-order valence-corrected chi connectivity index (χ4v) is 3.69. The number of aliphatic hydroxyl groups is 1. The summed E-state index contributed by atoms with van der Waals surface area (Å²) in [5.41, 5.74) is 3.42. The molecule has 1 aliphatic carbocycles. The lowest BCUT2D eigenvalue weighted by molar-refractivity contribution is -0.141. The third-order valence-corrected chi connectivity index (χ3v) is 5.25. The largest absolute Gasteiger partial charge is 0.396 e. The molecule has 0 spiro atoms. The molecular formula is C24H23F2NO2. The van der Waals surface area contributed by atoms with Gasteiger partial charge >= 0.3 is 5.92 Å². The number of fused-ring (bicyclic) bond motifs is 1. The van der Waals surface area contributed by atoms with Crippen LogP contribution in [0.5, 0.6) is 0 Å². The third kappa shape index (κ3) is 3.96. The summed E-state index contributed by atoms with van der Waals surface area (Å²) in [4.78, 5) is 15.8. The van der Waals surface area contributed by atoms with Gasteiger partial charge in [-0.2, -0.15) is 8.78 Å². The number of carbonyl (C=O) groups excluding carboxylic acids is 1. The number of hydrogen-bond acceptors (Lipinski definition) is 3. The van der Waals surface area contributed by atoms with E-state index in [2.05, 4.69) is 4.98 Å². The van der Waals surface area contributed by atoms with E-state index in [0.29, 0.717) is 23.1 Å². The number of pyridine rings is 1. The van der Waals surface area contributed by atoms with Crippen LogP contribution in [0.1, 0.15) is 35.6 Å². The van der Waals surface area contributed by atoms with Crippen LogP contribution in [0.3, 0.4) is 0 Å². The Labute approximate surface area is 169 Å². The van der Waals surface area contributed by atoms with Gasteiger partial charge in [0.1, 0.15) is 0 Å². The molecule has 0 bridgehead atoms. The first kappa shape index (κ1) is 20.8. The van der Waals surface area contributed by atoms with Crippen molar-refractivity contribution in [3.05, 3.63) is 89.2 Å². The predicted molar refractivity (Wildman–Crippen MR) is 109 cm³/mol. The number of rotatable bonds is 5. The Morgan fingerprint density at radius 3 is 2.52 bits per heavy atom. The Morgan fingerprint density at radius 1 is 1.03 bits per heavy atom. The molecule has 0 amide bonds. The average molecular weight is 395 g/mol. The molecular weight excluding hydrogens is 372 g/mol. The van der Waals surface area contributed by atoms with Crippen molar-refractivity contribution in [1.82, 2.24) is 4.98 Å². The number of carbonyl (C=O) groups is 1. The number of hydrogen-bond donors (Lipinski definition) is 1. The molecule has 0 radical (unpaired) electrons. The van der Waals surface area contributed by atoms with Crippen molar-refractivity contribution in [2.45, 2.75) is 32.1 Å². The summed E-state index contributed by atoms with van der Waals surface area (Å²) < 4.78 is 28.2. The maximum atomic E-state index is 14.1. The summed E-state index contributed by atoms with van der Waals surface area (Å²) >= 11 is 0. The maximum absolute atomic E-state index is 14.1. The normalized spacial score (nSPS) is 15.5. The number of aliphatic hydroxyl groups excluding tert-OH is 1. The summed E-state index contributed by atoms with van der Waals surface area (Å²) in [5.74, 6) is -4.55. The molecule has 0 unspecified atom stereocenters. The fraction of sp³-hybridized carbons (Fsp3) is 0.250. The first-order valence-corrected chi connectivity index (χ1v) is 9.13. The van der Waals surface area contributed by atoms with E-state index in [9.17, 15) is 18.7 Å². The molecule has 1 heterocycles. The van der Waals surface area contributed by atoms with Gasteiger partial charge in [-0.3, -0.25) is 9.78 Å². The Balaban J connectivity index is 0.00000240. The number of halogens is 2. The quantitative estimate of drug-likeness (QED) is 0.667. The van der Waals surface area contributed by atoms with Gasteiger partial charge in [0.2, 0.25) is 5.78 Å². The van der Waals surface area contributed by atoms with Crippen molar-refractivity contribution in [2.75, 3.05) is 6.61 Å². The molecule has 5 heteroatoms. The van der Waals surface area contributed by atoms with Crippen LogP contribution in [0.15, 0.2) is 67.0 Å². The molecule has 0 fully saturated rings. The first-order valence-electron chi connectivity index (χ1n) is 9.13. The minimum Gasteiger partial charge on any atom is -0.396 e. The lowest BCUT2D eigenvalue weighted by atomic mass is 9.92. The van der Waals surface area contributed by atoms with Crippen molar-refractivity contribution in [1.29, 1.82) is 0 Å². The summed E-state index contributed by atoms with van der Waals surface area (Å²) in [6.07, 6.45) is 3.70. The number of aromatic nitrogens is 1. The highest BCUT2D eigenvalue weighted by atomic mass is 19.3. The molecule has 0 saturated heterocycles. The van der Waals surface area contributed by atoms with Crippen LogP contribution in [0.2, 0.25) is 0 Å². The predicted octanol–water partition coefficient (Wildman–Crippen LogP) is 4.92. The SMILES string of the molecule is C.O=C1Cc2ccc(-c3cncc(C[C@@H](CO)c4ccccc4)c3)cc2C1(F)F.